The van der Waals surface area contributed by atoms with Crippen molar-refractivity contribution >= 4 is 40.1 Å². The van der Waals surface area contributed by atoms with E-state index in [2.05, 4.69) is 15.3 Å². The molecule has 1 aliphatic heterocycles. The van der Waals surface area contributed by atoms with Crippen LogP contribution >= 0.6 is 12.2 Å². The number of ether oxygens (including phenoxy) is 3. The molecule has 2 aromatic carbocycles. The average Bonchev–Trinajstić information content (AvgIpc) is 3.43. The van der Waals surface area contributed by atoms with Gasteiger partial charge in [0.2, 0.25) is 12.7 Å². The molecule has 9 nitrogen and oxygen atoms in total. The van der Waals surface area contributed by atoms with Gasteiger partial charge in [0.05, 0.1) is 12.6 Å². The summed E-state index contributed by atoms with van der Waals surface area (Å²) in [5.41, 5.74) is 2.61. The van der Waals surface area contributed by atoms with Crippen molar-refractivity contribution in [1.82, 2.24) is 19.9 Å². The summed E-state index contributed by atoms with van der Waals surface area (Å²) in [7, 11) is 1.59. The molecule has 0 unspecified atom stereocenters. The highest BCUT2D eigenvalue weighted by Gasteiger charge is 2.14. The number of nitrogens with one attached hydrogen (secondary N) is 3. The Bertz CT molecular complexity index is 1490. The first-order valence-electron chi connectivity index (χ1n) is 10.5. The van der Waals surface area contributed by atoms with Gasteiger partial charge < -0.3 is 29.5 Å². The van der Waals surface area contributed by atoms with Gasteiger partial charge in [0.1, 0.15) is 11.3 Å². The van der Waals surface area contributed by atoms with E-state index in [1.807, 2.05) is 36.4 Å². The standard InChI is InChI=1S/C23H22N4O5S/c1-30-14-5-6-16-15(10-14)20-21(25-16)22(29)27(23(33)26-20)8-2-3-19(28)24-11-13-4-7-17-18(9-13)32-12-31-17/h4-7,9-10,25H,2-3,8,11-12H2,1H3,(H,24,28)(H,26,33). The number of H-pyrrole nitrogens is 2. The Balaban J connectivity index is 1.24. The largest absolute Gasteiger partial charge is 0.497 e. The summed E-state index contributed by atoms with van der Waals surface area (Å²) in [6, 6.07) is 11.1. The lowest BCUT2D eigenvalue weighted by Gasteiger charge is -2.08. The average molecular weight is 467 g/mol. The van der Waals surface area contributed by atoms with Crippen molar-refractivity contribution < 1.29 is 19.0 Å². The predicted molar refractivity (Wildman–Crippen MR) is 125 cm³/mol. The fraction of sp³-hybridized carbons (Fsp3) is 0.261. The molecule has 2 aromatic heterocycles. The molecule has 0 aliphatic carbocycles. The maximum atomic E-state index is 13.0. The van der Waals surface area contributed by atoms with Gasteiger partial charge in [-0.1, -0.05) is 6.07 Å². The van der Waals surface area contributed by atoms with Crippen LogP contribution in [-0.4, -0.2) is 34.3 Å². The van der Waals surface area contributed by atoms with Gasteiger partial charge >= 0.3 is 0 Å². The summed E-state index contributed by atoms with van der Waals surface area (Å²) < 4.78 is 17.7. The molecule has 0 bridgehead atoms. The van der Waals surface area contributed by atoms with Crippen LogP contribution < -0.4 is 25.1 Å². The van der Waals surface area contributed by atoms with Crippen LogP contribution in [0.15, 0.2) is 41.2 Å². The zero-order valence-electron chi connectivity index (χ0n) is 17.9. The number of rotatable bonds is 7. The molecule has 0 fully saturated rings. The van der Waals surface area contributed by atoms with E-state index >= 15 is 0 Å². The topological polar surface area (TPSA) is 110 Å². The van der Waals surface area contributed by atoms with Crippen LogP contribution in [0, 0.1) is 4.77 Å². The fourth-order valence-corrected chi connectivity index (χ4v) is 4.21. The number of hydrogen-bond donors (Lipinski definition) is 3. The molecular weight excluding hydrogens is 444 g/mol. The Labute approximate surface area is 193 Å². The Morgan fingerprint density at radius 2 is 2.00 bits per heavy atom. The number of fused-ring (bicyclic) bond motifs is 4. The number of hydrogen-bond acceptors (Lipinski definition) is 6. The SMILES string of the molecule is COc1ccc2[nH]c3c(=O)n(CCCC(=O)NCc4ccc5c(c4)OCO5)c(=S)[nH]c3c2c1. The Hall–Kier alpha value is -3.79. The number of benzene rings is 2. The normalized spacial score (nSPS) is 12.4. The summed E-state index contributed by atoms with van der Waals surface area (Å²) in [5, 5.41) is 3.72. The Morgan fingerprint density at radius 3 is 2.85 bits per heavy atom. The van der Waals surface area contributed by atoms with E-state index in [4.69, 9.17) is 26.4 Å². The number of nitrogens with zero attached hydrogens (tertiary/aromatic N) is 1. The second-order valence-corrected chi connectivity index (χ2v) is 8.13. The van der Waals surface area contributed by atoms with Gasteiger partial charge in [-0.25, -0.2) is 0 Å². The lowest BCUT2D eigenvalue weighted by atomic mass is 10.2. The first kappa shape index (κ1) is 21.1. The second-order valence-electron chi connectivity index (χ2n) is 7.74. The summed E-state index contributed by atoms with van der Waals surface area (Å²) in [4.78, 5) is 31.6. The fourth-order valence-electron chi connectivity index (χ4n) is 3.93. The maximum Gasteiger partial charge on any atom is 0.278 e. The number of amides is 1. The van der Waals surface area contributed by atoms with Gasteiger partial charge in [-0.05, 0) is 54.5 Å². The van der Waals surface area contributed by atoms with Gasteiger partial charge in [-0.15, -0.1) is 0 Å². The highest BCUT2D eigenvalue weighted by molar-refractivity contribution is 7.71. The first-order chi connectivity index (χ1) is 16.0. The minimum atomic E-state index is -0.218. The second kappa shape index (κ2) is 8.62. The molecule has 0 saturated carbocycles. The van der Waals surface area contributed by atoms with Crippen molar-refractivity contribution in [2.45, 2.75) is 25.9 Å². The van der Waals surface area contributed by atoms with Gasteiger partial charge in [0.15, 0.2) is 16.3 Å². The third-order valence-electron chi connectivity index (χ3n) is 5.65. The molecule has 33 heavy (non-hydrogen) atoms. The van der Waals surface area contributed by atoms with Gasteiger partial charge in [-0.3, -0.25) is 14.2 Å². The zero-order chi connectivity index (χ0) is 22.9. The van der Waals surface area contributed by atoms with Crippen molar-refractivity contribution in [3.05, 3.63) is 57.1 Å². The van der Waals surface area contributed by atoms with Crippen LogP contribution in [-0.2, 0) is 17.9 Å². The number of carbonyl (C=O) groups excluding carboxylic acids is 1. The first-order valence-corrected chi connectivity index (χ1v) is 10.9. The van der Waals surface area contributed by atoms with E-state index in [9.17, 15) is 9.59 Å². The minimum Gasteiger partial charge on any atom is -0.497 e. The number of aromatic amines is 2. The lowest BCUT2D eigenvalue weighted by Crippen LogP contribution is -2.25. The molecule has 0 saturated heterocycles. The summed E-state index contributed by atoms with van der Waals surface area (Å²) in [5.74, 6) is 1.98. The molecule has 1 amide bonds. The van der Waals surface area contributed by atoms with Crippen molar-refractivity contribution in [3.63, 3.8) is 0 Å². The summed E-state index contributed by atoms with van der Waals surface area (Å²) >= 11 is 5.43. The number of aromatic nitrogens is 3. The molecule has 3 N–H and O–H groups in total. The molecule has 0 radical (unpaired) electrons. The maximum absolute atomic E-state index is 13.0. The number of methoxy groups -OCH3 is 1. The molecule has 0 atom stereocenters. The van der Waals surface area contributed by atoms with E-state index in [-0.39, 0.29) is 24.7 Å². The van der Waals surface area contributed by atoms with Crippen LogP contribution in [0.5, 0.6) is 17.2 Å². The van der Waals surface area contributed by atoms with Gasteiger partial charge in [-0.2, -0.15) is 0 Å². The van der Waals surface area contributed by atoms with Gasteiger partial charge in [0.25, 0.3) is 5.56 Å². The van der Waals surface area contributed by atoms with Crippen molar-refractivity contribution in [2.75, 3.05) is 13.9 Å². The third-order valence-corrected chi connectivity index (χ3v) is 5.98. The van der Waals surface area contributed by atoms with Crippen molar-refractivity contribution in [2.24, 2.45) is 0 Å². The predicted octanol–water partition coefficient (Wildman–Crippen LogP) is 3.37. The van der Waals surface area contributed by atoms with Crippen molar-refractivity contribution in [1.29, 1.82) is 0 Å². The highest BCUT2D eigenvalue weighted by atomic mass is 32.1. The van der Waals surface area contributed by atoms with E-state index in [1.54, 1.807) is 7.11 Å². The molecule has 3 heterocycles. The Morgan fingerprint density at radius 1 is 1.15 bits per heavy atom. The molecule has 10 heteroatoms. The molecule has 0 spiro atoms. The molecule has 4 aromatic rings. The Kier molecular flexibility index (Phi) is 5.51. The lowest BCUT2D eigenvalue weighted by molar-refractivity contribution is -0.121. The summed E-state index contributed by atoms with van der Waals surface area (Å²) in [6.45, 7) is 0.936. The van der Waals surface area contributed by atoms with Crippen LogP contribution in [0.2, 0.25) is 0 Å². The molecular formula is C23H22N4O5S. The van der Waals surface area contributed by atoms with E-state index < -0.39 is 0 Å². The summed E-state index contributed by atoms with van der Waals surface area (Å²) in [6.07, 6.45) is 0.748. The third kappa shape index (κ3) is 4.05. The molecule has 170 valence electrons. The molecule has 1 aliphatic rings. The molecule has 5 rings (SSSR count). The quantitative estimate of drug-likeness (QED) is 0.360. The number of carbonyl (C=O) groups is 1. The van der Waals surface area contributed by atoms with E-state index in [1.165, 1.54) is 4.57 Å². The van der Waals surface area contributed by atoms with Gasteiger partial charge in [0, 0.05) is 30.4 Å². The van der Waals surface area contributed by atoms with Crippen molar-refractivity contribution in [3.8, 4) is 17.2 Å². The van der Waals surface area contributed by atoms with E-state index in [0.717, 1.165) is 16.5 Å². The highest BCUT2D eigenvalue weighted by Crippen LogP contribution is 2.32. The van der Waals surface area contributed by atoms with Crippen LogP contribution in [0.3, 0.4) is 0 Å². The minimum absolute atomic E-state index is 0.102. The monoisotopic (exact) mass is 466 g/mol. The zero-order valence-corrected chi connectivity index (χ0v) is 18.7. The smallest absolute Gasteiger partial charge is 0.278 e. The van der Waals surface area contributed by atoms with Crippen LogP contribution in [0.25, 0.3) is 21.9 Å². The van der Waals surface area contributed by atoms with Crippen LogP contribution in [0.4, 0.5) is 0 Å². The van der Waals surface area contributed by atoms with E-state index in [0.29, 0.717) is 52.6 Å². The van der Waals surface area contributed by atoms with Crippen LogP contribution in [0.1, 0.15) is 18.4 Å².